The van der Waals surface area contributed by atoms with E-state index < -0.39 is 0 Å². The van der Waals surface area contributed by atoms with Crippen LogP contribution in [0.5, 0.6) is 0 Å². The number of hydrogen-bond acceptors (Lipinski definition) is 3. The number of nitrogens with one attached hydrogen (secondary N) is 1. The lowest BCUT2D eigenvalue weighted by Gasteiger charge is -2.06. The summed E-state index contributed by atoms with van der Waals surface area (Å²) in [6.45, 7) is 2.06. The SMILES string of the molecule is CCc1ccccc1-c1cc(=O)[nH]c(N)n1. The van der Waals surface area contributed by atoms with E-state index in [2.05, 4.69) is 16.9 Å². The van der Waals surface area contributed by atoms with E-state index in [1.807, 2.05) is 24.3 Å². The Balaban J connectivity index is 2.62. The number of hydrogen-bond donors (Lipinski definition) is 2. The van der Waals surface area contributed by atoms with Crippen LogP contribution in [0.4, 0.5) is 5.95 Å². The number of aromatic nitrogens is 2. The first-order valence-corrected chi connectivity index (χ1v) is 5.16. The summed E-state index contributed by atoms with van der Waals surface area (Å²) in [7, 11) is 0. The number of nitrogens with two attached hydrogens (primary N) is 1. The molecule has 1 aromatic heterocycles. The topological polar surface area (TPSA) is 71.8 Å². The number of benzene rings is 1. The second-order valence-electron chi connectivity index (χ2n) is 3.53. The predicted molar refractivity (Wildman–Crippen MR) is 64.1 cm³/mol. The Hall–Kier alpha value is -2.10. The maximum Gasteiger partial charge on any atom is 0.252 e. The summed E-state index contributed by atoms with van der Waals surface area (Å²) in [5, 5.41) is 0. The van der Waals surface area contributed by atoms with Crippen LogP contribution in [0.2, 0.25) is 0 Å². The van der Waals surface area contributed by atoms with Gasteiger partial charge in [0.15, 0.2) is 0 Å². The Morgan fingerprint density at radius 3 is 2.81 bits per heavy atom. The molecular weight excluding hydrogens is 202 g/mol. The number of aryl methyl sites for hydroxylation is 1. The van der Waals surface area contributed by atoms with Crippen LogP contribution in [0, 0.1) is 0 Å². The summed E-state index contributed by atoms with van der Waals surface area (Å²) < 4.78 is 0. The highest BCUT2D eigenvalue weighted by Gasteiger charge is 2.05. The molecule has 4 nitrogen and oxygen atoms in total. The standard InChI is InChI=1S/C12H13N3O/c1-2-8-5-3-4-6-9(8)10-7-11(16)15-12(13)14-10/h3-7H,2H2,1H3,(H3,13,14,15,16). The van der Waals surface area contributed by atoms with Gasteiger partial charge in [0.2, 0.25) is 5.95 Å². The predicted octanol–water partition coefficient (Wildman–Crippen LogP) is 1.58. The molecule has 0 atom stereocenters. The van der Waals surface area contributed by atoms with Gasteiger partial charge >= 0.3 is 0 Å². The maximum absolute atomic E-state index is 11.3. The summed E-state index contributed by atoms with van der Waals surface area (Å²) in [5.41, 5.74) is 8.03. The highest BCUT2D eigenvalue weighted by molar-refractivity contribution is 5.64. The monoisotopic (exact) mass is 215 g/mol. The zero-order chi connectivity index (χ0) is 11.5. The maximum atomic E-state index is 11.3. The van der Waals surface area contributed by atoms with Crippen molar-refractivity contribution in [3.05, 3.63) is 46.2 Å². The lowest BCUT2D eigenvalue weighted by atomic mass is 10.0. The van der Waals surface area contributed by atoms with Crippen molar-refractivity contribution < 1.29 is 0 Å². The molecule has 0 radical (unpaired) electrons. The van der Waals surface area contributed by atoms with E-state index >= 15 is 0 Å². The van der Waals surface area contributed by atoms with E-state index in [1.165, 1.54) is 6.07 Å². The van der Waals surface area contributed by atoms with Gasteiger partial charge in [-0.15, -0.1) is 0 Å². The Morgan fingerprint density at radius 1 is 1.38 bits per heavy atom. The summed E-state index contributed by atoms with van der Waals surface area (Å²) in [6, 6.07) is 9.33. The van der Waals surface area contributed by atoms with Crippen molar-refractivity contribution in [3.8, 4) is 11.3 Å². The van der Waals surface area contributed by atoms with Gasteiger partial charge in [-0.2, -0.15) is 0 Å². The van der Waals surface area contributed by atoms with Crippen molar-refractivity contribution in [2.24, 2.45) is 0 Å². The molecule has 82 valence electrons. The van der Waals surface area contributed by atoms with E-state index in [0.717, 1.165) is 17.5 Å². The van der Waals surface area contributed by atoms with Crippen LogP contribution in [-0.4, -0.2) is 9.97 Å². The third-order valence-corrected chi connectivity index (χ3v) is 2.43. The normalized spacial score (nSPS) is 10.3. The molecule has 0 amide bonds. The average molecular weight is 215 g/mol. The quantitative estimate of drug-likeness (QED) is 0.798. The molecule has 0 unspecified atom stereocenters. The molecule has 0 aliphatic rings. The number of rotatable bonds is 2. The van der Waals surface area contributed by atoms with Gasteiger partial charge in [0, 0.05) is 11.6 Å². The summed E-state index contributed by atoms with van der Waals surface area (Å²) >= 11 is 0. The van der Waals surface area contributed by atoms with Gasteiger partial charge in [-0.25, -0.2) is 4.98 Å². The van der Waals surface area contributed by atoms with Crippen molar-refractivity contribution in [1.82, 2.24) is 9.97 Å². The van der Waals surface area contributed by atoms with Gasteiger partial charge in [0.05, 0.1) is 5.69 Å². The molecule has 0 saturated heterocycles. The molecular formula is C12H13N3O. The smallest absolute Gasteiger partial charge is 0.252 e. The molecule has 3 N–H and O–H groups in total. The van der Waals surface area contributed by atoms with Crippen molar-refractivity contribution in [1.29, 1.82) is 0 Å². The Kier molecular flexibility index (Phi) is 2.72. The molecule has 0 fully saturated rings. The van der Waals surface area contributed by atoms with E-state index in [9.17, 15) is 4.79 Å². The lowest BCUT2D eigenvalue weighted by Crippen LogP contribution is -2.10. The van der Waals surface area contributed by atoms with Crippen LogP contribution in [-0.2, 0) is 6.42 Å². The first kappa shape index (κ1) is 10.4. The number of nitrogens with zero attached hydrogens (tertiary/aromatic N) is 1. The number of aromatic amines is 1. The van der Waals surface area contributed by atoms with E-state index in [-0.39, 0.29) is 11.5 Å². The van der Waals surface area contributed by atoms with E-state index in [1.54, 1.807) is 0 Å². The number of anilines is 1. The summed E-state index contributed by atoms with van der Waals surface area (Å²) in [5.74, 6) is 0.147. The lowest BCUT2D eigenvalue weighted by molar-refractivity contribution is 1.11. The van der Waals surface area contributed by atoms with Gasteiger partial charge < -0.3 is 5.73 Å². The minimum Gasteiger partial charge on any atom is -0.369 e. The molecule has 2 rings (SSSR count). The van der Waals surface area contributed by atoms with Crippen molar-refractivity contribution in [2.75, 3.05) is 5.73 Å². The van der Waals surface area contributed by atoms with Gasteiger partial charge in [0.25, 0.3) is 5.56 Å². The Morgan fingerprint density at radius 2 is 2.12 bits per heavy atom. The molecule has 1 aromatic carbocycles. The molecule has 0 saturated carbocycles. The number of H-pyrrole nitrogens is 1. The fourth-order valence-corrected chi connectivity index (χ4v) is 1.69. The molecule has 16 heavy (non-hydrogen) atoms. The van der Waals surface area contributed by atoms with E-state index in [4.69, 9.17) is 5.73 Å². The molecule has 0 bridgehead atoms. The van der Waals surface area contributed by atoms with Crippen LogP contribution in [0.3, 0.4) is 0 Å². The molecule has 0 aliphatic carbocycles. The van der Waals surface area contributed by atoms with Crippen LogP contribution in [0.1, 0.15) is 12.5 Å². The van der Waals surface area contributed by atoms with Gasteiger partial charge in [-0.05, 0) is 12.0 Å². The Bertz CT molecular complexity index is 560. The second kappa shape index (κ2) is 4.18. The molecule has 0 aliphatic heterocycles. The molecule has 0 spiro atoms. The molecule has 1 heterocycles. The van der Waals surface area contributed by atoms with Crippen LogP contribution >= 0.6 is 0 Å². The first-order valence-electron chi connectivity index (χ1n) is 5.16. The van der Waals surface area contributed by atoms with Crippen molar-refractivity contribution in [2.45, 2.75) is 13.3 Å². The van der Waals surface area contributed by atoms with Gasteiger partial charge in [-0.1, -0.05) is 31.2 Å². The zero-order valence-electron chi connectivity index (χ0n) is 9.03. The minimum absolute atomic E-state index is 0.147. The second-order valence-corrected chi connectivity index (χ2v) is 3.53. The zero-order valence-corrected chi connectivity index (χ0v) is 9.03. The van der Waals surface area contributed by atoms with Crippen molar-refractivity contribution >= 4 is 5.95 Å². The minimum atomic E-state index is -0.228. The van der Waals surface area contributed by atoms with E-state index in [0.29, 0.717) is 5.69 Å². The Labute approximate surface area is 93.2 Å². The summed E-state index contributed by atoms with van der Waals surface area (Å²) in [6.07, 6.45) is 0.893. The first-order chi connectivity index (χ1) is 7.70. The third kappa shape index (κ3) is 1.95. The van der Waals surface area contributed by atoms with Crippen LogP contribution in [0.25, 0.3) is 11.3 Å². The van der Waals surface area contributed by atoms with Crippen molar-refractivity contribution in [3.63, 3.8) is 0 Å². The molecule has 4 heteroatoms. The highest BCUT2D eigenvalue weighted by Crippen LogP contribution is 2.21. The number of nitrogen functional groups attached to an aromatic ring is 1. The van der Waals surface area contributed by atoms with Crippen LogP contribution < -0.4 is 11.3 Å². The van der Waals surface area contributed by atoms with Gasteiger partial charge in [-0.3, -0.25) is 9.78 Å². The average Bonchev–Trinajstić information content (AvgIpc) is 2.27. The molecule has 2 aromatic rings. The third-order valence-electron chi connectivity index (χ3n) is 2.43. The summed E-state index contributed by atoms with van der Waals surface area (Å²) in [4.78, 5) is 17.9. The van der Waals surface area contributed by atoms with Gasteiger partial charge in [0.1, 0.15) is 0 Å². The highest BCUT2D eigenvalue weighted by atomic mass is 16.1. The van der Waals surface area contributed by atoms with Crippen LogP contribution in [0.15, 0.2) is 35.1 Å². The fraction of sp³-hybridized carbons (Fsp3) is 0.167. The fourth-order valence-electron chi connectivity index (χ4n) is 1.69. The largest absolute Gasteiger partial charge is 0.369 e.